The van der Waals surface area contributed by atoms with Gasteiger partial charge in [-0.05, 0) is 30.5 Å². The zero-order valence-electron chi connectivity index (χ0n) is 11.3. The van der Waals surface area contributed by atoms with E-state index in [9.17, 15) is 4.79 Å². The first-order valence-electron chi connectivity index (χ1n) is 6.56. The largest absolute Gasteiger partial charge is 0.299 e. The number of benzene rings is 2. The maximum atomic E-state index is 12.0. The van der Waals surface area contributed by atoms with Crippen LogP contribution in [0.15, 0.2) is 42.5 Å². The molecule has 0 amide bonds. The van der Waals surface area contributed by atoms with E-state index in [1.807, 2.05) is 12.1 Å². The molecule has 0 bridgehead atoms. The lowest BCUT2D eigenvalue weighted by molar-refractivity contribution is -0.118. The van der Waals surface area contributed by atoms with E-state index in [-0.39, 0.29) is 5.78 Å². The molecule has 0 radical (unpaired) electrons. The fourth-order valence-corrected chi connectivity index (χ4v) is 2.41. The Labute approximate surface area is 129 Å². The predicted octanol–water partition coefficient (Wildman–Crippen LogP) is 5.05. The summed E-state index contributed by atoms with van der Waals surface area (Å²) in [6.07, 6.45) is 1.62. The van der Waals surface area contributed by atoms with Crippen molar-refractivity contribution in [3.05, 3.63) is 69.2 Å². The second-order valence-electron chi connectivity index (χ2n) is 4.91. The van der Waals surface area contributed by atoms with Crippen LogP contribution in [0.3, 0.4) is 0 Å². The summed E-state index contributed by atoms with van der Waals surface area (Å²) in [5, 5.41) is 0.980. The van der Waals surface area contributed by atoms with E-state index in [0.29, 0.717) is 22.9 Å². The van der Waals surface area contributed by atoms with Gasteiger partial charge in [0, 0.05) is 12.8 Å². The molecule has 0 N–H and O–H groups in total. The molecule has 2 aromatic carbocycles. The minimum Gasteiger partial charge on any atom is -0.299 e. The molecule has 0 aromatic heterocycles. The number of hydrogen-bond acceptors (Lipinski definition) is 1. The lowest BCUT2D eigenvalue weighted by Crippen LogP contribution is -2.05. The van der Waals surface area contributed by atoms with Gasteiger partial charge in [0.2, 0.25) is 0 Å². The average molecular weight is 307 g/mol. The summed E-state index contributed by atoms with van der Waals surface area (Å²) in [4.78, 5) is 12.0. The Kier molecular flexibility index (Phi) is 5.22. The normalized spacial score (nSPS) is 10.6. The van der Waals surface area contributed by atoms with Crippen LogP contribution in [0, 0.1) is 6.92 Å². The fraction of sp³-hybridized carbons (Fsp3) is 0.235. The molecule has 104 valence electrons. The highest BCUT2D eigenvalue weighted by molar-refractivity contribution is 6.42. The number of carbonyl (C=O) groups excluding carboxylic acids is 1. The number of ketones is 1. The molecule has 0 atom stereocenters. The summed E-state index contributed by atoms with van der Waals surface area (Å²) in [5.74, 6) is 0.176. The first-order valence-corrected chi connectivity index (χ1v) is 7.32. The maximum absolute atomic E-state index is 12.0. The molecule has 0 spiro atoms. The SMILES string of the molecule is Cc1ccc(CCC(=O)Cc2cccc(Cl)c2Cl)cc1. The summed E-state index contributed by atoms with van der Waals surface area (Å²) in [6, 6.07) is 13.6. The van der Waals surface area contributed by atoms with Gasteiger partial charge in [0.25, 0.3) is 0 Å². The molecule has 0 aliphatic rings. The third-order valence-corrected chi connectivity index (χ3v) is 4.09. The van der Waals surface area contributed by atoms with Gasteiger partial charge in [-0.15, -0.1) is 0 Å². The average Bonchev–Trinajstić information content (AvgIpc) is 2.43. The van der Waals surface area contributed by atoms with Gasteiger partial charge < -0.3 is 0 Å². The lowest BCUT2D eigenvalue weighted by Gasteiger charge is -2.05. The lowest BCUT2D eigenvalue weighted by atomic mass is 10.0. The molecule has 0 saturated carbocycles. The van der Waals surface area contributed by atoms with Gasteiger partial charge >= 0.3 is 0 Å². The molecule has 20 heavy (non-hydrogen) atoms. The van der Waals surface area contributed by atoms with Crippen molar-refractivity contribution in [3.8, 4) is 0 Å². The molecule has 0 fully saturated rings. The highest BCUT2D eigenvalue weighted by atomic mass is 35.5. The van der Waals surface area contributed by atoms with Crippen molar-refractivity contribution < 1.29 is 4.79 Å². The molecule has 2 rings (SSSR count). The molecule has 0 unspecified atom stereocenters. The number of halogens is 2. The van der Waals surface area contributed by atoms with Crippen molar-refractivity contribution in [2.24, 2.45) is 0 Å². The van der Waals surface area contributed by atoms with Crippen LogP contribution in [-0.4, -0.2) is 5.78 Å². The molecule has 0 heterocycles. The van der Waals surface area contributed by atoms with Gasteiger partial charge in [0.15, 0.2) is 0 Å². The van der Waals surface area contributed by atoms with Gasteiger partial charge in [-0.1, -0.05) is 65.2 Å². The van der Waals surface area contributed by atoms with Gasteiger partial charge in [-0.25, -0.2) is 0 Å². The molecule has 2 aromatic rings. The Balaban J connectivity index is 1.92. The van der Waals surface area contributed by atoms with Crippen molar-refractivity contribution in [3.63, 3.8) is 0 Å². The van der Waals surface area contributed by atoms with E-state index in [1.54, 1.807) is 6.07 Å². The van der Waals surface area contributed by atoms with Gasteiger partial charge in [-0.3, -0.25) is 4.79 Å². The third kappa shape index (κ3) is 4.09. The molecule has 0 aliphatic carbocycles. The van der Waals surface area contributed by atoms with Crippen molar-refractivity contribution >= 4 is 29.0 Å². The smallest absolute Gasteiger partial charge is 0.137 e. The van der Waals surface area contributed by atoms with Crippen molar-refractivity contribution in [2.75, 3.05) is 0 Å². The van der Waals surface area contributed by atoms with E-state index in [4.69, 9.17) is 23.2 Å². The van der Waals surface area contributed by atoms with Crippen molar-refractivity contribution in [1.29, 1.82) is 0 Å². The predicted molar refractivity (Wildman–Crippen MR) is 84.7 cm³/mol. The van der Waals surface area contributed by atoms with Gasteiger partial charge in [-0.2, -0.15) is 0 Å². The quantitative estimate of drug-likeness (QED) is 0.755. The summed E-state index contributed by atoms with van der Waals surface area (Å²) in [5.41, 5.74) is 3.21. The number of Topliss-reactive ketones (excluding diaryl/α,β-unsaturated/α-hetero) is 1. The maximum Gasteiger partial charge on any atom is 0.137 e. The van der Waals surface area contributed by atoms with Crippen LogP contribution < -0.4 is 0 Å². The van der Waals surface area contributed by atoms with E-state index in [0.717, 1.165) is 12.0 Å². The summed E-state index contributed by atoms with van der Waals surface area (Å²) in [7, 11) is 0. The van der Waals surface area contributed by atoms with Crippen molar-refractivity contribution in [2.45, 2.75) is 26.2 Å². The first-order chi connectivity index (χ1) is 9.56. The van der Waals surface area contributed by atoms with E-state index in [2.05, 4.69) is 31.2 Å². The summed E-state index contributed by atoms with van der Waals surface area (Å²) in [6.45, 7) is 2.05. The summed E-state index contributed by atoms with van der Waals surface area (Å²) >= 11 is 12.0. The van der Waals surface area contributed by atoms with Crippen LogP contribution >= 0.6 is 23.2 Å². The van der Waals surface area contributed by atoms with E-state index in [1.165, 1.54) is 11.1 Å². The molecular formula is C17H16Cl2O. The second-order valence-corrected chi connectivity index (χ2v) is 5.70. The first kappa shape index (κ1) is 15.1. The fourth-order valence-electron chi connectivity index (χ4n) is 2.02. The topological polar surface area (TPSA) is 17.1 Å². The van der Waals surface area contributed by atoms with Crippen LogP contribution in [0.4, 0.5) is 0 Å². The second kappa shape index (κ2) is 6.92. The molecule has 0 aliphatic heterocycles. The molecule has 3 heteroatoms. The highest BCUT2D eigenvalue weighted by Crippen LogP contribution is 2.26. The molecule has 1 nitrogen and oxygen atoms in total. The highest BCUT2D eigenvalue weighted by Gasteiger charge is 2.09. The van der Waals surface area contributed by atoms with Crippen LogP contribution in [0.1, 0.15) is 23.1 Å². The Hall–Kier alpha value is -1.31. The molecular weight excluding hydrogens is 291 g/mol. The minimum atomic E-state index is 0.176. The Bertz CT molecular complexity index is 603. The van der Waals surface area contributed by atoms with Gasteiger partial charge in [0.05, 0.1) is 10.0 Å². The molecule has 0 saturated heterocycles. The minimum absolute atomic E-state index is 0.176. The number of carbonyl (C=O) groups is 1. The van der Waals surface area contributed by atoms with E-state index < -0.39 is 0 Å². The zero-order valence-corrected chi connectivity index (χ0v) is 12.8. The number of hydrogen-bond donors (Lipinski definition) is 0. The standard InChI is InChI=1S/C17H16Cl2O/c1-12-5-7-13(8-6-12)9-10-15(20)11-14-3-2-4-16(18)17(14)19/h2-8H,9-11H2,1H3. The van der Waals surface area contributed by atoms with Crippen LogP contribution in [-0.2, 0) is 17.6 Å². The van der Waals surface area contributed by atoms with Crippen LogP contribution in [0.25, 0.3) is 0 Å². The Morgan fingerprint density at radius 2 is 1.75 bits per heavy atom. The van der Waals surface area contributed by atoms with Crippen LogP contribution in [0.2, 0.25) is 10.0 Å². The number of rotatable bonds is 5. The van der Waals surface area contributed by atoms with E-state index >= 15 is 0 Å². The Morgan fingerprint density at radius 1 is 1.05 bits per heavy atom. The monoisotopic (exact) mass is 306 g/mol. The van der Waals surface area contributed by atoms with Crippen molar-refractivity contribution in [1.82, 2.24) is 0 Å². The number of aryl methyl sites for hydroxylation is 2. The third-order valence-electron chi connectivity index (χ3n) is 3.23. The van der Waals surface area contributed by atoms with Crippen LogP contribution in [0.5, 0.6) is 0 Å². The summed E-state index contributed by atoms with van der Waals surface area (Å²) < 4.78 is 0. The Morgan fingerprint density at radius 3 is 2.45 bits per heavy atom. The van der Waals surface area contributed by atoms with Gasteiger partial charge in [0.1, 0.15) is 5.78 Å². The zero-order chi connectivity index (χ0) is 14.5.